The van der Waals surface area contributed by atoms with Crippen LogP contribution in [-0.2, 0) is 9.53 Å². The van der Waals surface area contributed by atoms with E-state index < -0.39 is 5.97 Å². The second-order valence-corrected chi connectivity index (χ2v) is 5.39. The summed E-state index contributed by atoms with van der Waals surface area (Å²) in [6.07, 6.45) is 4.04. The standard InChI is InChI=1S/C15H18ClNO3/c1-20-14(18)10-17(13-7-2-3-8-13)15(19)11-5-4-6-12(16)9-11/h4-6,9,13H,2-3,7-8,10H2,1H3. The number of rotatable bonds is 4. The van der Waals surface area contributed by atoms with Gasteiger partial charge in [0, 0.05) is 16.6 Å². The Hall–Kier alpha value is -1.55. The number of hydrogen-bond donors (Lipinski definition) is 0. The van der Waals surface area contributed by atoms with Crippen LogP contribution >= 0.6 is 11.6 Å². The number of methoxy groups -OCH3 is 1. The quantitative estimate of drug-likeness (QED) is 0.803. The third-order valence-corrected chi connectivity index (χ3v) is 3.86. The first kappa shape index (κ1) is 14.9. The van der Waals surface area contributed by atoms with E-state index in [4.69, 9.17) is 16.3 Å². The number of esters is 1. The van der Waals surface area contributed by atoms with Crippen LogP contribution in [0.2, 0.25) is 5.02 Å². The summed E-state index contributed by atoms with van der Waals surface area (Å²) in [5.41, 5.74) is 0.508. The highest BCUT2D eigenvalue weighted by Crippen LogP contribution is 2.25. The van der Waals surface area contributed by atoms with E-state index >= 15 is 0 Å². The lowest BCUT2D eigenvalue weighted by Gasteiger charge is -2.28. The fraction of sp³-hybridized carbons (Fsp3) is 0.467. The Bertz CT molecular complexity index is 498. The average molecular weight is 296 g/mol. The van der Waals surface area contributed by atoms with E-state index in [-0.39, 0.29) is 18.5 Å². The van der Waals surface area contributed by atoms with Crippen LogP contribution in [0.4, 0.5) is 0 Å². The second-order valence-electron chi connectivity index (χ2n) is 4.96. The van der Waals surface area contributed by atoms with E-state index in [1.165, 1.54) is 7.11 Å². The van der Waals surface area contributed by atoms with E-state index in [9.17, 15) is 9.59 Å². The molecular weight excluding hydrogens is 278 g/mol. The van der Waals surface area contributed by atoms with Crippen molar-refractivity contribution < 1.29 is 14.3 Å². The molecule has 5 heteroatoms. The van der Waals surface area contributed by atoms with Crippen LogP contribution in [0.1, 0.15) is 36.0 Å². The molecule has 1 aliphatic rings. The van der Waals surface area contributed by atoms with Gasteiger partial charge in [-0.3, -0.25) is 9.59 Å². The molecule has 0 heterocycles. The topological polar surface area (TPSA) is 46.6 Å². The predicted molar refractivity (Wildman–Crippen MR) is 76.8 cm³/mol. The van der Waals surface area contributed by atoms with Crippen molar-refractivity contribution in [3.63, 3.8) is 0 Å². The fourth-order valence-electron chi connectivity index (χ4n) is 2.57. The summed E-state index contributed by atoms with van der Waals surface area (Å²) in [5.74, 6) is -0.558. The maximum absolute atomic E-state index is 12.6. The molecule has 1 aliphatic carbocycles. The summed E-state index contributed by atoms with van der Waals surface area (Å²) >= 11 is 5.92. The number of carbonyl (C=O) groups excluding carboxylic acids is 2. The Labute approximate surface area is 123 Å². The minimum atomic E-state index is -0.396. The van der Waals surface area contributed by atoms with Crippen molar-refractivity contribution in [1.29, 1.82) is 0 Å². The van der Waals surface area contributed by atoms with Gasteiger partial charge in [0.1, 0.15) is 6.54 Å². The van der Waals surface area contributed by atoms with Gasteiger partial charge in [0.25, 0.3) is 5.91 Å². The Kier molecular flexibility index (Phi) is 5.01. The van der Waals surface area contributed by atoms with Gasteiger partial charge in [-0.05, 0) is 31.0 Å². The van der Waals surface area contributed by atoms with Gasteiger partial charge in [0.15, 0.2) is 0 Å². The maximum Gasteiger partial charge on any atom is 0.325 e. The lowest BCUT2D eigenvalue weighted by atomic mass is 10.1. The normalized spacial score (nSPS) is 15.1. The molecule has 0 atom stereocenters. The van der Waals surface area contributed by atoms with E-state index in [0.29, 0.717) is 10.6 Å². The zero-order valence-corrected chi connectivity index (χ0v) is 12.2. The second kappa shape index (κ2) is 6.75. The number of amides is 1. The highest BCUT2D eigenvalue weighted by atomic mass is 35.5. The first-order valence-corrected chi connectivity index (χ1v) is 7.13. The number of ether oxygens (including phenoxy) is 1. The molecule has 1 amide bonds. The summed E-state index contributed by atoms with van der Waals surface area (Å²) in [4.78, 5) is 25.8. The first-order chi connectivity index (χ1) is 9.61. The van der Waals surface area contributed by atoms with Crippen molar-refractivity contribution in [2.24, 2.45) is 0 Å². The molecule has 1 aromatic carbocycles. The molecular formula is C15H18ClNO3. The molecule has 1 aromatic rings. The number of hydrogen-bond acceptors (Lipinski definition) is 3. The summed E-state index contributed by atoms with van der Waals surface area (Å²) in [7, 11) is 1.33. The van der Waals surface area contributed by atoms with Crippen molar-refractivity contribution in [1.82, 2.24) is 4.90 Å². The molecule has 0 aliphatic heterocycles. The number of nitrogens with zero attached hydrogens (tertiary/aromatic N) is 1. The highest BCUT2D eigenvalue weighted by molar-refractivity contribution is 6.30. The average Bonchev–Trinajstić information content (AvgIpc) is 2.97. The molecule has 1 saturated carbocycles. The summed E-state index contributed by atoms with van der Waals surface area (Å²) in [5, 5.41) is 0.514. The van der Waals surface area contributed by atoms with Crippen molar-refractivity contribution >= 4 is 23.5 Å². The van der Waals surface area contributed by atoms with E-state index in [1.807, 2.05) is 0 Å². The smallest absolute Gasteiger partial charge is 0.325 e. The lowest BCUT2D eigenvalue weighted by Crippen LogP contribution is -2.42. The van der Waals surface area contributed by atoms with Gasteiger partial charge >= 0.3 is 5.97 Å². The zero-order chi connectivity index (χ0) is 14.5. The number of carbonyl (C=O) groups is 2. The molecule has 0 aromatic heterocycles. The van der Waals surface area contributed by atoms with Gasteiger partial charge in [-0.2, -0.15) is 0 Å². The number of halogens is 1. The molecule has 4 nitrogen and oxygen atoms in total. The molecule has 1 fully saturated rings. The summed E-state index contributed by atoms with van der Waals surface area (Å²) in [6, 6.07) is 6.91. The van der Waals surface area contributed by atoms with Gasteiger partial charge in [0.2, 0.25) is 0 Å². The van der Waals surface area contributed by atoms with Crippen LogP contribution in [0.5, 0.6) is 0 Å². The van der Waals surface area contributed by atoms with Gasteiger partial charge in [0.05, 0.1) is 7.11 Å². The van der Waals surface area contributed by atoms with E-state index in [0.717, 1.165) is 25.7 Å². The third kappa shape index (κ3) is 3.51. The predicted octanol–water partition coefficient (Wildman–Crippen LogP) is 2.90. The van der Waals surface area contributed by atoms with Crippen molar-refractivity contribution in [2.75, 3.05) is 13.7 Å². The highest BCUT2D eigenvalue weighted by Gasteiger charge is 2.29. The Morgan fingerprint density at radius 1 is 1.35 bits per heavy atom. The Balaban J connectivity index is 2.20. The van der Waals surface area contributed by atoms with Crippen LogP contribution < -0.4 is 0 Å². The van der Waals surface area contributed by atoms with Crippen LogP contribution in [0.3, 0.4) is 0 Å². The lowest BCUT2D eigenvalue weighted by molar-refractivity contribution is -0.141. The van der Waals surface area contributed by atoms with E-state index in [1.54, 1.807) is 29.2 Å². The minimum Gasteiger partial charge on any atom is -0.468 e. The van der Waals surface area contributed by atoms with Crippen LogP contribution in [0.15, 0.2) is 24.3 Å². The SMILES string of the molecule is COC(=O)CN(C(=O)c1cccc(Cl)c1)C1CCCC1. The minimum absolute atomic E-state index is 0.00743. The van der Waals surface area contributed by atoms with Gasteiger partial charge in [-0.1, -0.05) is 30.5 Å². The summed E-state index contributed by atoms with van der Waals surface area (Å²) < 4.78 is 4.69. The summed E-state index contributed by atoms with van der Waals surface area (Å²) in [6.45, 7) is -0.00743. The monoisotopic (exact) mass is 295 g/mol. The van der Waals surface area contributed by atoms with Crippen molar-refractivity contribution in [2.45, 2.75) is 31.7 Å². The molecule has 0 unspecified atom stereocenters. The Morgan fingerprint density at radius 2 is 2.05 bits per heavy atom. The van der Waals surface area contributed by atoms with Crippen LogP contribution in [0.25, 0.3) is 0 Å². The van der Waals surface area contributed by atoms with Gasteiger partial charge < -0.3 is 9.64 Å². The van der Waals surface area contributed by atoms with Crippen molar-refractivity contribution in [3.8, 4) is 0 Å². The van der Waals surface area contributed by atoms with Gasteiger partial charge in [-0.15, -0.1) is 0 Å². The number of benzene rings is 1. The molecule has 20 heavy (non-hydrogen) atoms. The maximum atomic E-state index is 12.6. The largest absolute Gasteiger partial charge is 0.468 e. The van der Waals surface area contributed by atoms with Gasteiger partial charge in [-0.25, -0.2) is 0 Å². The molecule has 0 radical (unpaired) electrons. The molecule has 2 rings (SSSR count). The molecule has 0 spiro atoms. The Morgan fingerprint density at radius 3 is 2.65 bits per heavy atom. The molecule has 0 saturated heterocycles. The first-order valence-electron chi connectivity index (χ1n) is 6.75. The fourth-order valence-corrected chi connectivity index (χ4v) is 2.76. The van der Waals surface area contributed by atoms with Crippen LogP contribution in [0, 0.1) is 0 Å². The molecule has 108 valence electrons. The third-order valence-electron chi connectivity index (χ3n) is 3.63. The zero-order valence-electron chi connectivity index (χ0n) is 11.5. The molecule has 0 bridgehead atoms. The van der Waals surface area contributed by atoms with Crippen LogP contribution in [-0.4, -0.2) is 36.5 Å². The van der Waals surface area contributed by atoms with Crippen molar-refractivity contribution in [3.05, 3.63) is 34.9 Å². The molecule has 0 N–H and O–H groups in total. The van der Waals surface area contributed by atoms with E-state index in [2.05, 4.69) is 0 Å².